The summed E-state index contributed by atoms with van der Waals surface area (Å²) in [6.07, 6.45) is 1.32. The van der Waals surface area contributed by atoms with Gasteiger partial charge in [0.05, 0.1) is 22.8 Å². The van der Waals surface area contributed by atoms with E-state index in [4.69, 9.17) is 0 Å². The first kappa shape index (κ1) is 20.1. The standard InChI is InChI=1S/C24H16N6O3/c1-14(29-23(32)17-7-3-4-8-18(17)24(29)33)22(31)28-21-16(12-25)13-26-30(21)20-11-10-15-6-2-5-9-19(15)27-20/h2-11,13-14H,1H3,(H,28,31). The second kappa shape index (κ2) is 7.69. The number of rotatable bonds is 4. The van der Waals surface area contributed by atoms with Crippen molar-refractivity contribution in [2.24, 2.45) is 0 Å². The molecule has 0 bridgehead atoms. The molecule has 1 aliphatic rings. The zero-order chi connectivity index (χ0) is 23.1. The third-order valence-electron chi connectivity index (χ3n) is 5.52. The number of hydrogen-bond donors (Lipinski definition) is 1. The number of pyridine rings is 1. The number of hydrogen-bond acceptors (Lipinski definition) is 6. The monoisotopic (exact) mass is 436 g/mol. The van der Waals surface area contributed by atoms with Crippen molar-refractivity contribution in [3.63, 3.8) is 0 Å². The molecule has 0 saturated carbocycles. The fraction of sp³-hybridized carbons (Fsp3) is 0.0833. The smallest absolute Gasteiger partial charge is 0.262 e. The molecule has 1 atom stereocenters. The average molecular weight is 436 g/mol. The van der Waals surface area contributed by atoms with Crippen molar-refractivity contribution in [1.82, 2.24) is 19.7 Å². The summed E-state index contributed by atoms with van der Waals surface area (Å²) in [5, 5.41) is 17.3. The third kappa shape index (κ3) is 3.21. The van der Waals surface area contributed by atoms with Gasteiger partial charge in [-0.3, -0.25) is 19.3 Å². The zero-order valence-corrected chi connectivity index (χ0v) is 17.4. The van der Waals surface area contributed by atoms with Gasteiger partial charge in [-0.15, -0.1) is 0 Å². The molecule has 1 unspecified atom stereocenters. The van der Waals surface area contributed by atoms with Crippen LogP contribution in [0, 0.1) is 11.3 Å². The number of carbonyl (C=O) groups is 3. The Hall–Kier alpha value is -4.84. The molecule has 3 amide bonds. The van der Waals surface area contributed by atoms with E-state index in [-0.39, 0.29) is 22.5 Å². The maximum absolute atomic E-state index is 13.1. The van der Waals surface area contributed by atoms with Crippen LogP contribution in [0.5, 0.6) is 0 Å². The lowest BCUT2D eigenvalue weighted by molar-refractivity contribution is -0.119. The zero-order valence-electron chi connectivity index (χ0n) is 17.4. The molecule has 0 saturated heterocycles. The number of nitriles is 1. The van der Waals surface area contributed by atoms with Gasteiger partial charge >= 0.3 is 0 Å². The van der Waals surface area contributed by atoms with Gasteiger partial charge in [-0.25, -0.2) is 4.98 Å². The van der Waals surface area contributed by atoms with Crippen LogP contribution in [0.25, 0.3) is 16.7 Å². The molecule has 0 fully saturated rings. The maximum Gasteiger partial charge on any atom is 0.262 e. The molecule has 0 radical (unpaired) electrons. The minimum Gasteiger partial charge on any atom is -0.308 e. The van der Waals surface area contributed by atoms with Crippen molar-refractivity contribution in [1.29, 1.82) is 5.26 Å². The Bertz CT molecular complexity index is 1460. The number of nitrogens with zero attached hydrogens (tertiary/aromatic N) is 5. The van der Waals surface area contributed by atoms with E-state index in [1.807, 2.05) is 36.4 Å². The summed E-state index contributed by atoms with van der Waals surface area (Å²) in [4.78, 5) is 44.0. The lowest BCUT2D eigenvalue weighted by Crippen LogP contribution is -2.45. The minimum absolute atomic E-state index is 0.105. The van der Waals surface area contributed by atoms with Crippen LogP contribution in [0.2, 0.25) is 0 Å². The van der Waals surface area contributed by atoms with Crippen molar-refractivity contribution in [2.45, 2.75) is 13.0 Å². The Balaban J connectivity index is 1.46. The molecule has 3 heterocycles. The highest BCUT2D eigenvalue weighted by Crippen LogP contribution is 2.26. The van der Waals surface area contributed by atoms with Crippen LogP contribution in [0.15, 0.2) is 66.9 Å². The number of imide groups is 1. The highest BCUT2D eigenvalue weighted by atomic mass is 16.2. The SMILES string of the molecule is CC(C(=O)Nc1c(C#N)cnn1-c1ccc2ccccc2n1)N1C(=O)c2ccccc2C1=O. The van der Waals surface area contributed by atoms with Gasteiger partial charge in [-0.1, -0.05) is 30.3 Å². The van der Waals surface area contributed by atoms with E-state index in [1.54, 1.807) is 30.3 Å². The van der Waals surface area contributed by atoms with Crippen LogP contribution in [-0.4, -0.2) is 43.4 Å². The molecule has 1 aliphatic heterocycles. The van der Waals surface area contributed by atoms with Gasteiger partial charge in [0.25, 0.3) is 11.8 Å². The summed E-state index contributed by atoms with van der Waals surface area (Å²) < 4.78 is 1.35. The van der Waals surface area contributed by atoms with E-state index >= 15 is 0 Å². The Morgan fingerprint density at radius 3 is 2.36 bits per heavy atom. The highest BCUT2D eigenvalue weighted by Gasteiger charge is 2.40. The molecule has 2 aromatic carbocycles. The fourth-order valence-electron chi connectivity index (χ4n) is 3.80. The summed E-state index contributed by atoms with van der Waals surface area (Å²) in [6, 6.07) is 18.4. The number of nitrogens with one attached hydrogen (secondary N) is 1. The van der Waals surface area contributed by atoms with Crippen LogP contribution in [0.1, 0.15) is 33.2 Å². The fourth-order valence-corrected chi connectivity index (χ4v) is 3.80. The van der Waals surface area contributed by atoms with Crippen molar-refractivity contribution < 1.29 is 14.4 Å². The number of amides is 3. The molecular formula is C24H16N6O3. The van der Waals surface area contributed by atoms with Crippen molar-refractivity contribution >= 4 is 34.4 Å². The van der Waals surface area contributed by atoms with Gasteiger partial charge < -0.3 is 5.32 Å². The summed E-state index contributed by atoms with van der Waals surface area (Å²) in [6.45, 7) is 1.46. The van der Waals surface area contributed by atoms with Gasteiger partial charge in [-0.2, -0.15) is 15.0 Å². The molecule has 2 aromatic heterocycles. The summed E-state index contributed by atoms with van der Waals surface area (Å²) >= 11 is 0. The molecule has 9 heteroatoms. The lowest BCUT2D eigenvalue weighted by atomic mass is 10.1. The van der Waals surface area contributed by atoms with Crippen molar-refractivity contribution in [2.75, 3.05) is 5.32 Å². The molecule has 33 heavy (non-hydrogen) atoms. The van der Waals surface area contributed by atoms with Gasteiger partial charge in [0.1, 0.15) is 17.7 Å². The van der Waals surface area contributed by atoms with Crippen molar-refractivity contribution in [3.8, 4) is 11.9 Å². The van der Waals surface area contributed by atoms with E-state index in [2.05, 4.69) is 15.4 Å². The summed E-state index contributed by atoms with van der Waals surface area (Å²) in [5.74, 6) is -1.21. The van der Waals surface area contributed by atoms with Gasteiger partial charge in [0.15, 0.2) is 11.6 Å². The Labute approximate surface area is 187 Å². The predicted octanol–water partition coefficient (Wildman–Crippen LogP) is 2.92. The highest BCUT2D eigenvalue weighted by molar-refractivity contribution is 6.23. The number of para-hydroxylation sites is 1. The molecule has 0 spiro atoms. The topological polar surface area (TPSA) is 121 Å². The van der Waals surface area contributed by atoms with Crippen LogP contribution < -0.4 is 5.32 Å². The first-order valence-electron chi connectivity index (χ1n) is 10.1. The van der Waals surface area contributed by atoms with Gasteiger partial charge in [0.2, 0.25) is 5.91 Å². The third-order valence-corrected chi connectivity index (χ3v) is 5.52. The molecule has 4 aromatic rings. The summed E-state index contributed by atoms with van der Waals surface area (Å²) in [7, 11) is 0. The van der Waals surface area contributed by atoms with Crippen LogP contribution >= 0.6 is 0 Å². The number of aromatic nitrogens is 3. The molecular weight excluding hydrogens is 420 g/mol. The second-order valence-electron chi connectivity index (χ2n) is 7.48. The van der Waals surface area contributed by atoms with E-state index < -0.39 is 23.8 Å². The largest absolute Gasteiger partial charge is 0.308 e. The van der Waals surface area contributed by atoms with Crippen LogP contribution in [-0.2, 0) is 4.79 Å². The minimum atomic E-state index is -1.11. The van der Waals surface area contributed by atoms with E-state index in [9.17, 15) is 19.6 Å². The van der Waals surface area contributed by atoms with E-state index in [0.29, 0.717) is 5.82 Å². The molecule has 1 N–H and O–H groups in total. The van der Waals surface area contributed by atoms with E-state index in [0.717, 1.165) is 15.8 Å². The first-order valence-corrected chi connectivity index (χ1v) is 10.1. The quantitative estimate of drug-likeness (QED) is 0.491. The Kier molecular flexibility index (Phi) is 4.68. The number of anilines is 1. The Morgan fingerprint density at radius 1 is 1.00 bits per heavy atom. The number of carbonyl (C=O) groups excluding carboxylic acids is 3. The second-order valence-corrected chi connectivity index (χ2v) is 7.48. The van der Waals surface area contributed by atoms with Crippen molar-refractivity contribution in [3.05, 3.63) is 83.6 Å². The number of benzene rings is 2. The maximum atomic E-state index is 13.1. The van der Waals surface area contributed by atoms with Gasteiger partial charge in [0, 0.05) is 5.39 Å². The average Bonchev–Trinajstić information content (AvgIpc) is 3.36. The molecule has 9 nitrogen and oxygen atoms in total. The first-order chi connectivity index (χ1) is 16.0. The van der Waals surface area contributed by atoms with Crippen LogP contribution in [0.4, 0.5) is 5.82 Å². The van der Waals surface area contributed by atoms with E-state index in [1.165, 1.54) is 17.8 Å². The lowest BCUT2D eigenvalue weighted by Gasteiger charge is -2.22. The Morgan fingerprint density at radius 2 is 1.67 bits per heavy atom. The van der Waals surface area contributed by atoms with Gasteiger partial charge in [-0.05, 0) is 37.3 Å². The predicted molar refractivity (Wildman–Crippen MR) is 119 cm³/mol. The molecule has 5 rings (SSSR count). The normalized spacial score (nSPS) is 13.6. The molecule has 0 aliphatic carbocycles. The van der Waals surface area contributed by atoms with Crippen LogP contribution in [0.3, 0.4) is 0 Å². The number of fused-ring (bicyclic) bond motifs is 2. The molecule has 160 valence electrons. The summed E-state index contributed by atoms with van der Waals surface area (Å²) in [5.41, 5.74) is 1.35.